The smallest absolute Gasteiger partial charge is 0.119 e. The van der Waals surface area contributed by atoms with Crippen molar-refractivity contribution in [3.8, 4) is 5.75 Å². The molecular formula is C28H51NO4S. The molecule has 0 bridgehead atoms. The van der Waals surface area contributed by atoms with Crippen molar-refractivity contribution in [2.45, 2.75) is 91.9 Å². The van der Waals surface area contributed by atoms with E-state index in [4.69, 9.17) is 4.74 Å². The molecule has 1 aromatic carbocycles. The van der Waals surface area contributed by atoms with Crippen LogP contribution >= 0.6 is 0 Å². The van der Waals surface area contributed by atoms with Gasteiger partial charge in [0.25, 0.3) is 0 Å². The summed E-state index contributed by atoms with van der Waals surface area (Å²) in [6.45, 7) is 19.1. The summed E-state index contributed by atoms with van der Waals surface area (Å²) in [7, 11) is -4.09. The van der Waals surface area contributed by atoms with Crippen LogP contribution in [0.3, 0.4) is 0 Å². The lowest BCUT2D eigenvalue weighted by Crippen LogP contribution is -2.50. The minimum atomic E-state index is -4.09. The minimum Gasteiger partial charge on any atom is -0.748 e. The minimum absolute atomic E-state index is 0.328. The van der Waals surface area contributed by atoms with E-state index in [2.05, 4.69) is 34.3 Å². The number of hydrogen-bond donors (Lipinski definition) is 0. The van der Waals surface area contributed by atoms with Gasteiger partial charge in [-0.05, 0) is 56.2 Å². The van der Waals surface area contributed by atoms with Gasteiger partial charge in [-0.2, -0.15) is 0 Å². The second kappa shape index (κ2) is 19.9. The summed E-state index contributed by atoms with van der Waals surface area (Å²) >= 11 is 0. The van der Waals surface area contributed by atoms with Crippen molar-refractivity contribution in [3.63, 3.8) is 0 Å². The van der Waals surface area contributed by atoms with Gasteiger partial charge in [-0.3, -0.25) is 0 Å². The quantitative estimate of drug-likeness (QED) is 0.117. The van der Waals surface area contributed by atoms with E-state index < -0.39 is 10.1 Å². The standard InChI is InChI=1S/C16H36N.C12H16O4S/c1-5-9-13-17(14-10-6-2,15-11-7-3)16-12-8-4;1-2-11-5-7-12(8-6-11)16-9-3-4-10-17(13,14)15/h5-16H2,1-4H3;2,5-8H,1,3-4,9-10H2,(H,13,14,15)/q+1;/p-1. The Labute approximate surface area is 210 Å². The molecule has 0 radical (unpaired) electrons. The van der Waals surface area contributed by atoms with Crippen LogP contribution in [0.5, 0.6) is 5.75 Å². The normalized spacial score (nSPS) is 11.6. The van der Waals surface area contributed by atoms with Crippen molar-refractivity contribution < 1.29 is 22.2 Å². The van der Waals surface area contributed by atoms with Gasteiger partial charge >= 0.3 is 0 Å². The molecule has 0 N–H and O–H groups in total. The van der Waals surface area contributed by atoms with Crippen molar-refractivity contribution in [2.24, 2.45) is 0 Å². The Hall–Kier alpha value is -1.37. The van der Waals surface area contributed by atoms with Gasteiger partial charge in [0.2, 0.25) is 0 Å². The van der Waals surface area contributed by atoms with Crippen LogP contribution < -0.4 is 4.74 Å². The summed E-state index contributed by atoms with van der Waals surface area (Å²) in [5, 5.41) is 0. The van der Waals surface area contributed by atoms with Gasteiger partial charge in [-0.15, -0.1) is 0 Å². The lowest BCUT2D eigenvalue weighted by Gasteiger charge is -2.39. The molecule has 198 valence electrons. The van der Waals surface area contributed by atoms with Crippen LogP contribution in [-0.4, -0.2) is 56.0 Å². The van der Waals surface area contributed by atoms with Crippen LogP contribution in [-0.2, 0) is 10.1 Å². The number of nitrogens with zero attached hydrogens (tertiary/aromatic N) is 1. The van der Waals surface area contributed by atoms with E-state index in [0.717, 1.165) is 11.3 Å². The lowest BCUT2D eigenvalue weighted by atomic mass is 10.1. The highest BCUT2D eigenvalue weighted by atomic mass is 32.2. The maximum atomic E-state index is 10.3. The highest BCUT2D eigenvalue weighted by Gasteiger charge is 2.24. The number of hydrogen-bond acceptors (Lipinski definition) is 4. The predicted molar refractivity (Wildman–Crippen MR) is 145 cm³/mol. The number of ether oxygens (including phenoxy) is 1. The van der Waals surface area contributed by atoms with Gasteiger partial charge < -0.3 is 13.8 Å². The van der Waals surface area contributed by atoms with Crippen molar-refractivity contribution >= 4 is 16.2 Å². The molecule has 0 amide bonds. The fourth-order valence-electron chi connectivity index (χ4n) is 3.92. The zero-order valence-electron chi connectivity index (χ0n) is 22.4. The van der Waals surface area contributed by atoms with E-state index in [1.165, 1.54) is 82.0 Å². The molecule has 1 rings (SSSR count). The zero-order valence-corrected chi connectivity index (χ0v) is 23.2. The van der Waals surface area contributed by atoms with Gasteiger partial charge in [0, 0.05) is 5.75 Å². The molecule has 0 fully saturated rings. The first-order valence-corrected chi connectivity index (χ1v) is 15.0. The van der Waals surface area contributed by atoms with E-state index >= 15 is 0 Å². The van der Waals surface area contributed by atoms with Crippen molar-refractivity contribution in [1.82, 2.24) is 0 Å². The van der Waals surface area contributed by atoms with E-state index in [0.29, 0.717) is 19.4 Å². The van der Waals surface area contributed by atoms with Crippen molar-refractivity contribution in [3.05, 3.63) is 36.4 Å². The van der Waals surface area contributed by atoms with Gasteiger partial charge in [0.05, 0.1) is 42.9 Å². The molecular weight excluding hydrogens is 446 g/mol. The van der Waals surface area contributed by atoms with E-state index in [-0.39, 0.29) is 5.75 Å². The Morgan fingerprint density at radius 1 is 0.794 bits per heavy atom. The molecule has 0 unspecified atom stereocenters. The molecule has 0 spiro atoms. The second-order valence-corrected chi connectivity index (χ2v) is 10.8. The van der Waals surface area contributed by atoms with Crippen LogP contribution in [0, 0.1) is 0 Å². The van der Waals surface area contributed by atoms with Crippen LogP contribution in [0.25, 0.3) is 6.08 Å². The summed E-state index contributed by atoms with van der Waals surface area (Å²) in [6, 6.07) is 7.40. The van der Waals surface area contributed by atoms with Crippen LogP contribution in [0.15, 0.2) is 30.8 Å². The van der Waals surface area contributed by atoms with Gasteiger partial charge in [0.1, 0.15) is 5.75 Å². The highest BCUT2D eigenvalue weighted by molar-refractivity contribution is 7.85. The van der Waals surface area contributed by atoms with E-state index in [9.17, 15) is 13.0 Å². The predicted octanol–water partition coefficient (Wildman–Crippen LogP) is 7.04. The fraction of sp³-hybridized carbons (Fsp3) is 0.714. The van der Waals surface area contributed by atoms with Crippen molar-refractivity contribution in [1.29, 1.82) is 0 Å². The molecule has 5 nitrogen and oxygen atoms in total. The SMILES string of the molecule is C=Cc1ccc(OCCCCS(=O)(=O)[O-])cc1.CCCC[N+](CCCC)(CCCC)CCCC. The van der Waals surface area contributed by atoms with Gasteiger partial charge in [-0.25, -0.2) is 8.42 Å². The molecule has 0 aromatic heterocycles. The summed E-state index contributed by atoms with van der Waals surface area (Å²) in [4.78, 5) is 0. The van der Waals surface area contributed by atoms with Crippen molar-refractivity contribution in [2.75, 3.05) is 38.5 Å². The molecule has 0 heterocycles. The first kappa shape index (κ1) is 32.6. The zero-order chi connectivity index (χ0) is 25.7. The topological polar surface area (TPSA) is 66.4 Å². The average molecular weight is 498 g/mol. The monoisotopic (exact) mass is 497 g/mol. The Balaban J connectivity index is 0.000000641. The maximum Gasteiger partial charge on any atom is 0.119 e. The summed E-state index contributed by atoms with van der Waals surface area (Å²) in [5.74, 6) is 0.395. The Morgan fingerprint density at radius 2 is 1.24 bits per heavy atom. The molecule has 0 aliphatic carbocycles. The summed E-state index contributed by atoms with van der Waals surface area (Å²) in [6.07, 6.45) is 13.7. The first-order valence-electron chi connectivity index (χ1n) is 13.4. The third kappa shape index (κ3) is 17.1. The molecule has 0 atom stereocenters. The third-order valence-corrected chi connectivity index (χ3v) is 6.91. The second-order valence-electron chi connectivity index (χ2n) is 9.24. The Kier molecular flexibility index (Phi) is 19.1. The molecule has 34 heavy (non-hydrogen) atoms. The van der Waals surface area contributed by atoms with E-state index in [1.807, 2.05) is 24.3 Å². The molecule has 0 aliphatic rings. The van der Waals surface area contributed by atoms with E-state index in [1.54, 1.807) is 6.08 Å². The van der Waals surface area contributed by atoms with Crippen LogP contribution in [0.1, 0.15) is 97.5 Å². The molecule has 0 saturated carbocycles. The molecule has 6 heteroatoms. The van der Waals surface area contributed by atoms with Gasteiger partial charge in [0.15, 0.2) is 0 Å². The van der Waals surface area contributed by atoms with Gasteiger partial charge in [-0.1, -0.05) is 78.2 Å². The number of quaternary nitrogens is 1. The summed E-state index contributed by atoms with van der Waals surface area (Å²) < 4.78 is 37.8. The average Bonchev–Trinajstić information content (AvgIpc) is 2.83. The number of rotatable bonds is 19. The first-order chi connectivity index (χ1) is 16.3. The molecule has 0 aliphatic heterocycles. The number of benzene rings is 1. The summed E-state index contributed by atoms with van der Waals surface area (Å²) in [5.41, 5.74) is 1.01. The Morgan fingerprint density at radius 3 is 1.59 bits per heavy atom. The number of unbranched alkanes of at least 4 members (excludes halogenated alkanes) is 5. The Bertz CT molecular complexity index is 679. The largest absolute Gasteiger partial charge is 0.748 e. The fourth-order valence-corrected chi connectivity index (χ4v) is 4.47. The molecule has 1 aromatic rings. The maximum absolute atomic E-state index is 10.3. The lowest BCUT2D eigenvalue weighted by molar-refractivity contribution is -0.929. The van der Waals surface area contributed by atoms with Crippen LogP contribution in [0.2, 0.25) is 0 Å². The third-order valence-electron chi connectivity index (χ3n) is 6.12. The molecule has 0 saturated heterocycles. The highest BCUT2D eigenvalue weighted by Crippen LogP contribution is 2.16. The van der Waals surface area contributed by atoms with Crippen LogP contribution in [0.4, 0.5) is 0 Å².